The number of anilines is 1. The van der Waals surface area contributed by atoms with E-state index in [9.17, 15) is 35.8 Å². The molecule has 0 radical (unpaired) electrons. The number of benzene rings is 2. The number of alkyl halides is 7. The summed E-state index contributed by atoms with van der Waals surface area (Å²) in [5.74, 6) is -0.636. The van der Waals surface area contributed by atoms with E-state index in [1.807, 2.05) is 0 Å². The lowest BCUT2D eigenvalue weighted by Crippen LogP contribution is -2.45. The van der Waals surface area contributed by atoms with Gasteiger partial charge in [0, 0.05) is 5.69 Å². The summed E-state index contributed by atoms with van der Waals surface area (Å²) in [5.41, 5.74) is 0.367. The van der Waals surface area contributed by atoms with Gasteiger partial charge >= 0.3 is 18.7 Å². The normalized spacial score (nSPS) is 14.6. The van der Waals surface area contributed by atoms with E-state index in [2.05, 4.69) is 10.1 Å². The summed E-state index contributed by atoms with van der Waals surface area (Å²) in [6.45, 7) is 0. The van der Waals surface area contributed by atoms with E-state index in [4.69, 9.17) is 0 Å². The lowest BCUT2D eigenvalue weighted by Gasteiger charge is -2.27. The van der Waals surface area contributed by atoms with Crippen molar-refractivity contribution in [3.8, 4) is 5.75 Å². The first-order chi connectivity index (χ1) is 13.0. The largest absolute Gasteiger partial charge is 0.461 e. The van der Waals surface area contributed by atoms with Crippen molar-refractivity contribution < 1.29 is 40.6 Å². The topological polar surface area (TPSA) is 41.5 Å². The maximum absolute atomic E-state index is 13.0. The highest BCUT2D eigenvalue weighted by Crippen LogP contribution is 2.30. The van der Waals surface area contributed by atoms with Crippen molar-refractivity contribution in [1.29, 1.82) is 0 Å². The van der Waals surface area contributed by atoms with Crippen LogP contribution in [0.4, 0.5) is 36.4 Å². The van der Waals surface area contributed by atoms with E-state index in [0.29, 0.717) is 5.69 Å². The van der Waals surface area contributed by atoms with Gasteiger partial charge in [-0.2, -0.15) is 30.7 Å². The first-order valence-corrected chi connectivity index (χ1v) is 7.99. The Labute approximate surface area is 155 Å². The van der Waals surface area contributed by atoms with Crippen molar-refractivity contribution in [3.63, 3.8) is 0 Å². The Kier molecular flexibility index (Phi) is 6.76. The molecular weight excluding hydrogens is 395 g/mol. The number of hydrogen-bond donors (Lipinski definition) is 2. The molecule has 0 spiro atoms. The second kappa shape index (κ2) is 8.68. The average molecular weight is 411 g/mol. The highest BCUT2D eigenvalue weighted by molar-refractivity contribution is 5.44. The summed E-state index contributed by atoms with van der Waals surface area (Å²) in [6, 6.07) is 10.6. The van der Waals surface area contributed by atoms with Crippen LogP contribution in [0.1, 0.15) is 5.56 Å². The molecule has 2 N–H and O–H groups in total. The summed E-state index contributed by atoms with van der Waals surface area (Å²) in [7, 11) is 0. The Balaban J connectivity index is 2.22. The molecule has 0 aliphatic heterocycles. The van der Waals surface area contributed by atoms with E-state index in [1.165, 1.54) is 24.3 Å². The Morgan fingerprint density at radius 2 is 1.57 bits per heavy atom. The van der Waals surface area contributed by atoms with Gasteiger partial charge in [-0.1, -0.05) is 30.3 Å². The monoisotopic (exact) mass is 411 g/mol. The summed E-state index contributed by atoms with van der Waals surface area (Å²) in [6.07, 6.45) is -17.0. The minimum absolute atomic E-state index is 0.0688. The van der Waals surface area contributed by atoms with Gasteiger partial charge in [-0.3, -0.25) is 0 Å². The zero-order chi connectivity index (χ0) is 20.9. The molecule has 154 valence electrons. The lowest BCUT2D eigenvalue weighted by atomic mass is 10.00. The molecule has 10 heteroatoms. The molecule has 2 rings (SSSR count). The van der Waals surface area contributed by atoms with Crippen LogP contribution in [0.2, 0.25) is 0 Å². The van der Waals surface area contributed by atoms with Gasteiger partial charge in [-0.25, -0.2) is 0 Å². The fraction of sp³-hybridized carbons (Fsp3) is 0.333. The zero-order valence-electron chi connectivity index (χ0n) is 14.1. The molecule has 2 aromatic carbocycles. The van der Waals surface area contributed by atoms with Crippen LogP contribution in [-0.2, 0) is 6.42 Å². The van der Waals surface area contributed by atoms with Crippen molar-refractivity contribution in [2.45, 2.75) is 37.3 Å². The molecule has 0 saturated heterocycles. The third-order valence-corrected chi connectivity index (χ3v) is 3.70. The number of ether oxygens (including phenoxy) is 1. The molecule has 0 fully saturated rings. The number of para-hydroxylation sites is 1. The first kappa shape index (κ1) is 21.8. The molecule has 2 atom stereocenters. The average Bonchev–Trinajstić information content (AvgIpc) is 2.60. The van der Waals surface area contributed by atoms with Crippen LogP contribution in [0.3, 0.4) is 0 Å². The lowest BCUT2D eigenvalue weighted by molar-refractivity contribution is -0.253. The molecule has 0 bridgehead atoms. The first-order valence-electron chi connectivity index (χ1n) is 7.99. The standard InChI is InChI=1S/C18H16F7NO2/c19-16(20)18(24,25)28-13-8-4-5-11(9-13)10-14(15(27)17(21,22)23)26-12-6-2-1-3-7-12/h1-9,14-16,26-27H,10H2. The fourth-order valence-corrected chi connectivity index (χ4v) is 2.41. The third kappa shape index (κ3) is 6.01. The van der Waals surface area contributed by atoms with Gasteiger partial charge in [0.2, 0.25) is 0 Å². The fourth-order valence-electron chi connectivity index (χ4n) is 2.41. The van der Waals surface area contributed by atoms with Crippen LogP contribution in [0.25, 0.3) is 0 Å². The highest BCUT2D eigenvalue weighted by atomic mass is 19.4. The van der Waals surface area contributed by atoms with Gasteiger partial charge in [0.15, 0.2) is 6.10 Å². The van der Waals surface area contributed by atoms with Gasteiger partial charge in [0.1, 0.15) is 5.75 Å². The SMILES string of the molecule is OC(C(Cc1cccc(OC(F)(F)C(F)F)c1)Nc1ccccc1)C(F)(F)F. The summed E-state index contributed by atoms with van der Waals surface area (Å²) < 4.78 is 93.5. The highest BCUT2D eigenvalue weighted by Gasteiger charge is 2.45. The Hall–Kier alpha value is -2.49. The number of aliphatic hydroxyl groups excluding tert-OH is 1. The molecule has 28 heavy (non-hydrogen) atoms. The van der Waals surface area contributed by atoms with E-state index < -0.39 is 43.0 Å². The third-order valence-electron chi connectivity index (χ3n) is 3.70. The van der Waals surface area contributed by atoms with Crippen molar-refractivity contribution in [3.05, 3.63) is 60.2 Å². The molecule has 3 nitrogen and oxygen atoms in total. The molecule has 0 heterocycles. The molecular formula is C18H16F7NO2. The Bertz CT molecular complexity index is 753. The van der Waals surface area contributed by atoms with Crippen LogP contribution < -0.4 is 10.1 Å². The molecule has 0 amide bonds. The Morgan fingerprint density at radius 1 is 0.929 bits per heavy atom. The minimum Gasteiger partial charge on any atom is -0.428 e. The van der Waals surface area contributed by atoms with E-state index in [1.54, 1.807) is 18.2 Å². The van der Waals surface area contributed by atoms with Crippen LogP contribution >= 0.6 is 0 Å². The molecule has 2 aromatic rings. The number of aliphatic hydroxyl groups is 1. The van der Waals surface area contributed by atoms with Gasteiger partial charge in [0.25, 0.3) is 0 Å². The second-order valence-electron chi connectivity index (χ2n) is 5.92. The maximum atomic E-state index is 13.0. The number of nitrogens with one attached hydrogen (secondary N) is 1. The molecule has 0 aliphatic rings. The Morgan fingerprint density at radius 3 is 2.14 bits per heavy atom. The van der Waals surface area contributed by atoms with Gasteiger partial charge in [-0.05, 0) is 36.2 Å². The number of rotatable bonds is 8. The van der Waals surface area contributed by atoms with Crippen molar-refractivity contribution >= 4 is 5.69 Å². The van der Waals surface area contributed by atoms with Crippen LogP contribution in [0, 0.1) is 0 Å². The van der Waals surface area contributed by atoms with Crippen LogP contribution in [0.5, 0.6) is 5.75 Å². The predicted molar refractivity (Wildman–Crippen MR) is 87.6 cm³/mol. The summed E-state index contributed by atoms with van der Waals surface area (Å²) in [5, 5.41) is 12.2. The quantitative estimate of drug-likeness (QED) is 0.609. The van der Waals surface area contributed by atoms with E-state index in [0.717, 1.165) is 12.1 Å². The second-order valence-corrected chi connectivity index (χ2v) is 5.92. The van der Waals surface area contributed by atoms with E-state index >= 15 is 0 Å². The van der Waals surface area contributed by atoms with Crippen molar-refractivity contribution in [2.24, 2.45) is 0 Å². The van der Waals surface area contributed by atoms with Gasteiger partial charge < -0.3 is 15.2 Å². The predicted octanol–water partition coefficient (Wildman–Crippen LogP) is 4.87. The molecule has 0 aromatic heterocycles. The van der Waals surface area contributed by atoms with E-state index in [-0.39, 0.29) is 5.56 Å². The minimum atomic E-state index is -4.94. The molecule has 2 unspecified atom stereocenters. The van der Waals surface area contributed by atoms with Crippen LogP contribution in [-0.4, -0.2) is 36.0 Å². The number of hydrogen-bond acceptors (Lipinski definition) is 3. The number of halogens is 7. The molecule has 0 saturated carbocycles. The van der Waals surface area contributed by atoms with Crippen molar-refractivity contribution in [2.75, 3.05) is 5.32 Å². The smallest absolute Gasteiger partial charge is 0.428 e. The molecule has 0 aliphatic carbocycles. The summed E-state index contributed by atoms with van der Waals surface area (Å²) >= 11 is 0. The van der Waals surface area contributed by atoms with Crippen LogP contribution in [0.15, 0.2) is 54.6 Å². The van der Waals surface area contributed by atoms with Gasteiger partial charge in [-0.15, -0.1) is 0 Å². The van der Waals surface area contributed by atoms with Crippen molar-refractivity contribution in [1.82, 2.24) is 0 Å². The summed E-state index contributed by atoms with van der Waals surface area (Å²) in [4.78, 5) is 0. The maximum Gasteiger partial charge on any atom is 0.461 e. The zero-order valence-corrected chi connectivity index (χ0v) is 14.1. The van der Waals surface area contributed by atoms with Gasteiger partial charge in [0.05, 0.1) is 6.04 Å².